The van der Waals surface area contributed by atoms with Crippen LogP contribution < -0.4 is 0 Å². The standard InChI is InChI=1S/C11H16O/c12-10-7-8-3-1-5-11(8)6-2-4-9(10)11/h8-9H,1-7H2/t8?,9-,11+/m1/s1. The van der Waals surface area contributed by atoms with E-state index in [2.05, 4.69) is 0 Å². The summed E-state index contributed by atoms with van der Waals surface area (Å²) >= 11 is 0. The summed E-state index contributed by atoms with van der Waals surface area (Å²) in [7, 11) is 0. The molecular weight excluding hydrogens is 148 g/mol. The zero-order valence-corrected chi connectivity index (χ0v) is 7.51. The average Bonchev–Trinajstić information content (AvgIpc) is 2.63. The smallest absolute Gasteiger partial charge is 0.136 e. The molecule has 0 aromatic heterocycles. The Hall–Kier alpha value is -0.330. The second kappa shape index (κ2) is 2.12. The van der Waals surface area contributed by atoms with Crippen molar-refractivity contribution in [2.75, 3.05) is 0 Å². The minimum absolute atomic E-state index is 0.505. The minimum atomic E-state index is 0.505. The van der Waals surface area contributed by atoms with Crippen LogP contribution in [-0.4, -0.2) is 5.78 Å². The molecule has 3 rings (SSSR count). The van der Waals surface area contributed by atoms with E-state index in [1.54, 1.807) is 0 Å². The second-order valence-electron chi connectivity index (χ2n) is 4.94. The van der Waals surface area contributed by atoms with Crippen molar-refractivity contribution in [2.24, 2.45) is 17.3 Å². The molecule has 3 aliphatic rings. The lowest BCUT2D eigenvalue weighted by atomic mass is 9.76. The molecule has 0 heterocycles. The van der Waals surface area contributed by atoms with Gasteiger partial charge in [-0.25, -0.2) is 0 Å². The monoisotopic (exact) mass is 164 g/mol. The van der Waals surface area contributed by atoms with Crippen LogP contribution in [0.15, 0.2) is 0 Å². The lowest BCUT2D eigenvalue weighted by Gasteiger charge is -2.27. The van der Waals surface area contributed by atoms with Crippen LogP contribution in [0.25, 0.3) is 0 Å². The SMILES string of the molecule is O=C1CC2CCC[C@]23CCC[C@H]13. The zero-order chi connectivity index (χ0) is 8.18. The van der Waals surface area contributed by atoms with Gasteiger partial charge in [0.2, 0.25) is 0 Å². The van der Waals surface area contributed by atoms with Gasteiger partial charge in [-0.2, -0.15) is 0 Å². The molecule has 3 saturated carbocycles. The fourth-order valence-corrected chi connectivity index (χ4v) is 4.23. The summed E-state index contributed by atoms with van der Waals surface area (Å²) in [5.74, 6) is 1.92. The van der Waals surface area contributed by atoms with Crippen molar-refractivity contribution in [1.82, 2.24) is 0 Å². The maximum absolute atomic E-state index is 11.7. The number of ketones is 1. The molecule has 0 aliphatic heterocycles. The molecule has 66 valence electrons. The van der Waals surface area contributed by atoms with E-state index in [0.717, 1.165) is 12.3 Å². The summed E-state index contributed by atoms with van der Waals surface area (Å²) in [6, 6.07) is 0. The molecule has 3 aliphatic carbocycles. The van der Waals surface area contributed by atoms with Crippen molar-refractivity contribution in [2.45, 2.75) is 44.9 Å². The third-order valence-corrected chi connectivity index (χ3v) is 4.67. The Bertz CT molecular complexity index is 229. The first-order chi connectivity index (χ1) is 5.83. The summed E-state index contributed by atoms with van der Waals surface area (Å²) in [6.45, 7) is 0. The van der Waals surface area contributed by atoms with E-state index in [-0.39, 0.29) is 0 Å². The lowest BCUT2D eigenvalue weighted by molar-refractivity contribution is -0.121. The highest BCUT2D eigenvalue weighted by Crippen LogP contribution is 2.63. The van der Waals surface area contributed by atoms with Gasteiger partial charge >= 0.3 is 0 Å². The third-order valence-electron chi connectivity index (χ3n) is 4.67. The molecule has 0 radical (unpaired) electrons. The van der Waals surface area contributed by atoms with Gasteiger partial charge in [0.15, 0.2) is 0 Å². The van der Waals surface area contributed by atoms with Crippen LogP contribution in [-0.2, 0) is 4.79 Å². The predicted molar refractivity (Wildman–Crippen MR) is 46.7 cm³/mol. The van der Waals surface area contributed by atoms with Gasteiger partial charge in [0.05, 0.1) is 0 Å². The number of hydrogen-bond donors (Lipinski definition) is 0. The van der Waals surface area contributed by atoms with Crippen LogP contribution >= 0.6 is 0 Å². The van der Waals surface area contributed by atoms with Crippen molar-refractivity contribution in [1.29, 1.82) is 0 Å². The Morgan fingerprint density at radius 1 is 1.17 bits per heavy atom. The number of Topliss-reactive ketones (excluding diaryl/α,β-unsaturated/α-hetero) is 1. The highest BCUT2D eigenvalue weighted by molar-refractivity contribution is 5.85. The van der Waals surface area contributed by atoms with Crippen molar-refractivity contribution in [3.8, 4) is 0 Å². The highest BCUT2D eigenvalue weighted by Gasteiger charge is 2.58. The molecule has 0 amide bonds. The number of carbonyl (C=O) groups excluding carboxylic acids is 1. The summed E-state index contributed by atoms with van der Waals surface area (Å²) in [5, 5.41) is 0. The van der Waals surface area contributed by atoms with Gasteiger partial charge in [-0.15, -0.1) is 0 Å². The minimum Gasteiger partial charge on any atom is -0.299 e. The Kier molecular flexibility index (Phi) is 1.26. The van der Waals surface area contributed by atoms with Crippen LogP contribution in [0, 0.1) is 17.3 Å². The molecule has 0 aromatic rings. The molecule has 1 unspecified atom stereocenters. The quantitative estimate of drug-likeness (QED) is 0.537. The normalized spacial score (nSPS) is 51.2. The molecule has 1 nitrogen and oxygen atoms in total. The highest BCUT2D eigenvalue weighted by atomic mass is 16.1. The van der Waals surface area contributed by atoms with E-state index in [1.807, 2.05) is 0 Å². The summed E-state index contributed by atoms with van der Waals surface area (Å²) in [5.41, 5.74) is 0.539. The fourth-order valence-electron chi connectivity index (χ4n) is 4.23. The molecule has 1 spiro atoms. The van der Waals surface area contributed by atoms with Crippen molar-refractivity contribution < 1.29 is 4.79 Å². The van der Waals surface area contributed by atoms with Gasteiger partial charge in [0.1, 0.15) is 5.78 Å². The first kappa shape index (κ1) is 7.11. The van der Waals surface area contributed by atoms with E-state index in [4.69, 9.17) is 0 Å². The molecule has 3 atom stereocenters. The molecule has 0 bridgehead atoms. The van der Waals surface area contributed by atoms with Crippen LogP contribution in [0.1, 0.15) is 44.9 Å². The van der Waals surface area contributed by atoms with Gasteiger partial charge in [-0.05, 0) is 37.0 Å². The molecule has 3 fully saturated rings. The second-order valence-corrected chi connectivity index (χ2v) is 4.94. The van der Waals surface area contributed by atoms with E-state index in [1.165, 1.54) is 38.5 Å². The molecule has 12 heavy (non-hydrogen) atoms. The number of carbonyl (C=O) groups is 1. The Morgan fingerprint density at radius 2 is 1.92 bits per heavy atom. The molecule has 0 saturated heterocycles. The van der Waals surface area contributed by atoms with Crippen LogP contribution in [0.4, 0.5) is 0 Å². The summed E-state index contributed by atoms with van der Waals surface area (Å²) in [4.78, 5) is 11.7. The van der Waals surface area contributed by atoms with E-state index in [9.17, 15) is 4.79 Å². The molecular formula is C11H16O. The molecule has 0 N–H and O–H groups in total. The Labute approximate surface area is 73.5 Å². The van der Waals surface area contributed by atoms with Crippen molar-refractivity contribution >= 4 is 5.78 Å². The Morgan fingerprint density at radius 3 is 2.75 bits per heavy atom. The van der Waals surface area contributed by atoms with Crippen molar-refractivity contribution in [3.63, 3.8) is 0 Å². The van der Waals surface area contributed by atoms with Crippen LogP contribution in [0.2, 0.25) is 0 Å². The van der Waals surface area contributed by atoms with Gasteiger partial charge in [0, 0.05) is 12.3 Å². The van der Waals surface area contributed by atoms with E-state index < -0.39 is 0 Å². The predicted octanol–water partition coefficient (Wildman–Crippen LogP) is 2.55. The summed E-state index contributed by atoms with van der Waals surface area (Å²) in [6.07, 6.45) is 8.96. The topological polar surface area (TPSA) is 17.1 Å². The molecule has 0 aromatic carbocycles. The van der Waals surface area contributed by atoms with E-state index >= 15 is 0 Å². The van der Waals surface area contributed by atoms with Crippen molar-refractivity contribution in [3.05, 3.63) is 0 Å². The van der Waals surface area contributed by atoms with Gasteiger partial charge in [-0.3, -0.25) is 4.79 Å². The van der Waals surface area contributed by atoms with Gasteiger partial charge in [0.25, 0.3) is 0 Å². The average molecular weight is 164 g/mol. The van der Waals surface area contributed by atoms with Crippen LogP contribution in [0.5, 0.6) is 0 Å². The van der Waals surface area contributed by atoms with E-state index in [0.29, 0.717) is 17.1 Å². The third kappa shape index (κ3) is 0.641. The Balaban J connectivity index is 2.03. The first-order valence-electron chi connectivity index (χ1n) is 5.36. The largest absolute Gasteiger partial charge is 0.299 e. The lowest BCUT2D eigenvalue weighted by Crippen LogP contribution is -2.23. The maximum atomic E-state index is 11.7. The maximum Gasteiger partial charge on any atom is 0.136 e. The fraction of sp³-hybridized carbons (Fsp3) is 0.909. The first-order valence-corrected chi connectivity index (χ1v) is 5.36. The van der Waals surface area contributed by atoms with Crippen LogP contribution in [0.3, 0.4) is 0 Å². The number of hydrogen-bond acceptors (Lipinski definition) is 1. The number of rotatable bonds is 0. The van der Waals surface area contributed by atoms with Gasteiger partial charge < -0.3 is 0 Å². The molecule has 1 heteroatoms. The summed E-state index contributed by atoms with van der Waals surface area (Å²) < 4.78 is 0. The zero-order valence-electron chi connectivity index (χ0n) is 7.51. The van der Waals surface area contributed by atoms with Gasteiger partial charge in [-0.1, -0.05) is 12.8 Å².